The zero-order chi connectivity index (χ0) is 10.7. The topological polar surface area (TPSA) is 57.8 Å². The number of rotatable bonds is 3. The molecule has 0 saturated heterocycles. The Kier molecular flexibility index (Phi) is 3.04. The van der Waals surface area contributed by atoms with Crippen LogP contribution in [0.15, 0.2) is 12.4 Å². The van der Waals surface area contributed by atoms with E-state index in [4.69, 9.17) is 0 Å². The first-order valence-electron chi connectivity index (χ1n) is 5.52. The normalized spacial score (nSPS) is 25.4. The molecule has 2 rings (SSSR count). The molecular formula is C11H17N3O. The molecule has 1 amide bonds. The Morgan fingerprint density at radius 2 is 2.53 bits per heavy atom. The first kappa shape index (κ1) is 10.2. The SMILES string of the molecule is CC1CCCC1C(=O)NCc1cn[nH]c1. The van der Waals surface area contributed by atoms with Crippen LogP contribution in [0.4, 0.5) is 0 Å². The molecule has 1 saturated carbocycles. The molecule has 0 aliphatic heterocycles. The third-order valence-corrected chi connectivity index (χ3v) is 3.22. The minimum Gasteiger partial charge on any atom is -0.352 e. The maximum atomic E-state index is 11.8. The van der Waals surface area contributed by atoms with E-state index in [-0.39, 0.29) is 11.8 Å². The Hall–Kier alpha value is -1.32. The number of carbonyl (C=O) groups is 1. The van der Waals surface area contributed by atoms with Crippen molar-refractivity contribution in [2.75, 3.05) is 0 Å². The lowest BCUT2D eigenvalue weighted by molar-refractivity contribution is -0.126. The summed E-state index contributed by atoms with van der Waals surface area (Å²) in [6.07, 6.45) is 6.95. The summed E-state index contributed by atoms with van der Waals surface area (Å²) in [6.45, 7) is 2.74. The highest BCUT2D eigenvalue weighted by atomic mass is 16.1. The second-order valence-electron chi connectivity index (χ2n) is 4.34. The van der Waals surface area contributed by atoms with Crippen LogP contribution >= 0.6 is 0 Å². The molecule has 0 bridgehead atoms. The maximum Gasteiger partial charge on any atom is 0.223 e. The molecule has 2 N–H and O–H groups in total. The summed E-state index contributed by atoms with van der Waals surface area (Å²) in [5.41, 5.74) is 1.02. The minimum atomic E-state index is 0.196. The lowest BCUT2D eigenvalue weighted by atomic mass is 9.97. The molecule has 15 heavy (non-hydrogen) atoms. The third-order valence-electron chi connectivity index (χ3n) is 3.22. The summed E-state index contributed by atoms with van der Waals surface area (Å²) in [6, 6.07) is 0. The van der Waals surface area contributed by atoms with Gasteiger partial charge in [0.25, 0.3) is 0 Å². The number of amides is 1. The lowest BCUT2D eigenvalue weighted by Gasteiger charge is -2.14. The molecule has 1 fully saturated rings. The summed E-state index contributed by atoms with van der Waals surface area (Å²) >= 11 is 0. The Morgan fingerprint density at radius 1 is 1.67 bits per heavy atom. The number of carbonyl (C=O) groups excluding carboxylic acids is 1. The highest BCUT2D eigenvalue weighted by molar-refractivity contribution is 5.79. The zero-order valence-corrected chi connectivity index (χ0v) is 8.99. The van der Waals surface area contributed by atoms with E-state index >= 15 is 0 Å². The van der Waals surface area contributed by atoms with Gasteiger partial charge in [0, 0.05) is 24.2 Å². The van der Waals surface area contributed by atoms with Crippen molar-refractivity contribution in [2.24, 2.45) is 11.8 Å². The molecule has 1 heterocycles. The largest absolute Gasteiger partial charge is 0.352 e. The highest BCUT2D eigenvalue weighted by Gasteiger charge is 2.29. The van der Waals surface area contributed by atoms with Crippen LogP contribution in [0, 0.1) is 11.8 Å². The van der Waals surface area contributed by atoms with E-state index in [2.05, 4.69) is 22.4 Å². The van der Waals surface area contributed by atoms with Crippen molar-refractivity contribution >= 4 is 5.91 Å². The number of aromatic amines is 1. The van der Waals surface area contributed by atoms with Gasteiger partial charge >= 0.3 is 0 Å². The Labute approximate surface area is 89.5 Å². The average Bonchev–Trinajstić information content (AvgIpc) is 2.84. The van der Waals surface area contributed by atoms with E-state index < -0.39 is 0 Å². The van der Waals surface area contributed by atoms with Gasteiger partial charge in [-0.05, 0) is 18.8 Å². The number of aromatic nitrogens is 2. The second kappa shape index (κ2) is 4.47. The van der Waals surface area contributed by atoms with Gasteiger partial charge in [0.15, 0.2) is 0 Å². The summed E-state index contributed by atoms with van der Waals surface area (Å²) in [4.78, 5) is 11.8. The number of H-pyrrole nitrogens is 1. The Bertz CT molecular complexity index is 321. The van der Waals surface area contributed by atoms with Crippen molar-refractivity contribution in [2.45, 2.75) is 32.7 Å². The van der Waals surface area contributed by atoms with E-state index in [1.165, 1.54) is 12.8 Å². The van der Waals surface area contributed by atoms with Crippen LogP contribution in [0.2, 0.25) is 0 Å². The van der Waals surface area contributed by atoms with E-state index in [0.29, 0.717) is 12.5 Å². The van der Waals surface area contributed by atoms with Crippen molar-refractivity contribution in [3.05, 3.63) is 18.0 Å². The first-order valence-corrected chi connectivity index (χ1v) is 5.52. The smallest absolute Gasteiger partial charge is 0.223 e. The van der Waals surface area contributed by atoms with Gasteiger partial charge in [0.1, 0.15) is 0 Å². The van der Waals surface area contributed by atoms with Gasteiger partial charge in [-0.15, -0.1) is 0 Å². The van der Waals surface area contributed by atoms with Gasteiger partial charge < -0.3 is 5.32 Å². The molecule has 0 spiro atoms. The van der Waals surface area contributed by atoms with E-state index in [1.807, 2.05) is 0 Å². The summed E-state index contributed by atoms with van der Waals surface area (Å²) in [5.74, 6) is 0.951. The van der Waals surface area contributed by atoms with Crippen molar-refractivity contribution in [3.8, 4) is 0 Å². The second-order valence-corrected chi connectivity index (χ2v) is 4.34. The predicted molar refractivity (Wildman–Crippen MR) is 56.9 cm³/mol. The molecule has 0 radical (unpaired) electrons. The molecule has 0 aromatic carbocycles. The van der Waals surface area contributed by atoms with Crippen molar-refractivity contribution in [3.63, 3.8) is 0 Å². The molecule has 4 nitrogen and oxygen atoms in total. The lowest BCUT2D eigenvalue weighted by Crippen LogP contribution is -2.31. The monoisotopic (exact) mass is 207 g/mol. The standard InChI is InChI=1S/C11H17N3O/c1-8-3-2-4-10(8)11(15)12-5-9-6-13-14-7-9/h6-8,10H,2-5H2,1H3,(H,12,15)(H,13,14). The number of hydrogen-bond acceptors (Lipinski definition) is 2. The van der Waals surface area contributed by atoms with Crippen LogP contribution in [0.3, 0.4) is 0 Å². The summed E-state index contributed by atoms with van der Waals surface area (Å²) < 4.78 is 0. The Balaban J connectivity index is 1.82. The molecule has 2 atom stereocenters. The molecular weight excluding hydrogens is 190 g/mol. The van der Waals surface area contributed by atoms with Crippen LogP contribution in [0.1, 0.15) is 31.7 Å². The minimum absolute atomic E-state index is 0.196. The molecule has 1 aromatic heterocycles. The van der Waals surface area contributed by atoms with Gasteiger partial charge in [-0.2, -0.15) is 5.10 Å². The number of nitrogens with one attached hydrogen (secondary N) is 2. The van der Waals surface area contributed by atoms with Crippen molar-refractivity contribution in [1.29, 1.82) is 0 Å². The molecule has 4 heteroatoms. The van der Waals surface area contributed by atoms with Crippen molar-refractivity contribution in [1.82, 2.24) is 15.5 Å². The summed E-state index contributed by atoms with van der Waals surface area (Å²) in [7, 11) is 0. The number of nitrogens with zero attached hydrogens (tertiary/aromatic N) is 1. The fourth-order valence-electron chi connectivity index (χ4n) is 2.23. The van der Waals surface area contributed by atoms with Gasteiger partial charge in [-0.1, -0.05) is 13.3 Å². The van der Waals surface area contributed by atoms with Crippen LogP contribution < -0.4 is 5.32 Å². The fourth-order valence-corrected chi connectivity index (χ4v) is 2.23. The molecule has 1 aliphatic rings. The van der Waals surface area contributed by atoms with E-state index in [0.717, 1.165) is 12.0 Å². The van der Waals surface area contributed by atoms with Crippen molar-refractivity contribution < 1.29 is 4.79 Å². The predicted octanol–water partition coefficient (Wildman–Crippen LogP) is 1.46. The average molecular weight is 207 g/mol. The van der Waals surface area contributed by atoms with Gasteiger partial charge in [0.05, 0.1) is 6.20 Å². The van der Waals surface area contributed by atoms with Gasteiger partial charge in [-0.25, -0.2) is 0 Å². The summed E-state index contributed by atoms with van der Waals surface area (Å²) in [5, 5.41) is 9.53. The number of hydrogen-bond donors (Lipinski definition) is 2. The van der Waals surface area contributed by atoms with Crippen LogP contribution in [0.25, 0.3) is 0 Å². The zero-order valence-electron chi connectivity index (χ0n) is 8.99. The molecule has 1 aromatic rings. The fraction of sp³-hybridized carbons (Fsp3) is 0.636. The van der Waals surface area contributed by atoms with E-state index in [9.17, 15) is 4.79 Å². The molecule has 1 aliphatic carbocycles. The first-order chi connectivity index (χ1) is 7.27. The molecule has 2 unspecified atom stereocenters. The van der Waals surface area contributed by atoms with Crippen LogP contribution in [-0.2, 0) is 11.3 Å². The van der Waals surface area contributed by atoms with Gasteiger partial charge in [-0.3, -0.25) is 9.89 Å². The Morgan fingerprint density at radius 3 is 3.13 bits per heavy atom. The highest BCUT2D eigenvalue weighted by Crippen LogP contribution is 2.31. The van der Waals surface area contributed by atoms with Crippen LogP contribution in [-0.4, -0.2) is 16.1 Å². The van der Waals surface area contributed by atoms with Crippen LogP contribution in [0.5, 0.6) is 0 Å². The van der Waals surface area contributed by atoms with E-state index in [1.54, 1.807) is 12.4 Å². The third kappa shape index (κ3) is 2.37. The quantitative estimate of drug-likeness (QED) is 0.788. The maximum absolute atomic E-state index is 11.8. The molecule has 82 valence electrons. The van der Waals surface area contributed by atoms with Gasteiger partial charge in [0.2, 0.25) is 5.91 Å².